The summed E-state index contributed by atoms with van der Waals surface area (Å²) in [6.45, 7) is 6.87. The maximum Gasteiger partial charge on any atom is 0.220 e. The third kappa shape index (κ3) is 2.74. The Bertz CT molecular complexity index is 741. The molecule has 5 nitrogen and oxygen atoms in total. The van der Waals surface area contributed by atoms with Crippen molar-refractivity contribution in [1.82, 2.24) is 14.7 Å². The molecule has 1 fully saturated rings. The fourth-order valence-electron chi connectivity index (χ4n) is 3.21. The zero-order valence-corrected chi connectivity index (χ0v) is 13.5. The highest BCUT2D eigenvalue weighted by atomic mass is 19.1. The summed E-state index contributed by atoms with van der Waals surface area (Å²) in [5.74, 6) is -0.316. The number of benzene rings is 1. The normalized spacial score (nSPS) is 18.3. The Morgan fingerprint density at radius 2 is 2.09 bits per heavy atom. The Hall–Kier alpha value is -2.21. The topological polar surface area (TPSA) is 47.4 Å². The minimum absolute atomic E-state index is 0.00995. The zero-order chi connectivity index (χ0) is 16.6. The molecule has 1 aromatic heterocycles. The molecule has 1 aliphatic rings. The number of rotatable bonds is 2. The van der Waals surface area contributed by atoms with Gasteiger partial charge in [0.2, 0.25) is 5.91 Å². The summed E-state index contributed by atoms with van der Waals surface area (Å²) in [4.78, 5) is 13.7. The van der Waals surface area contributed by atoms with Crippen LogP contribution in [0.15, 0.2) is 24.3 Å². The molecule has 0 N–H and O–H groups in total. The first kappa shape index (κ1) is 15.7. The van der Waals surface area contributed by atoms with Crippen LogP contribution in [0.2, 0.25) is 0 Å². The molecule has 0 bridgehead atoms. The van der Waals surface area contributed by atoms with Gasteiger partial charge in [-0.05, 0) is 26.0 Å². The van der Waals surface area contributed by atoms with Crippen molar-refractivity contribution in [3.63, 3.8) is 0 Å². The maximum absolute atomic E-state index is 14.1. The summed E-state index contributed by atoms with van der Waals surface area (Å²) in [7, 11) is 0. The van der Waals surface area contributed by atoms with E-state index in [1.165, 1.54) is 6.07 Å². The van der Waals surface area contributed by atoms with Crippen molar-refractivity contribution in [3.8, 4) is 5.69 Å². The van der Waals surface area contributed by atoms with Crippen molar-refractivity contribution in [2.24, 2.45) is 0 Å². The van der Waals surface area contributed by atoms with Crippen molar-refractivity contribution in [2.75, 3.05) is 19.8 Å². The summed E-state index contributed by atoms with van der Waals surface area (Å²) in [5.41, 5.74) is 2.95. The summed E-state index contributed by atoms with van der Waals surface area (Å²) in [5, 5.41) is 4.49. The summed E-state index contributed by atoms with van der Waals surface area (Å²) < 4.78 is 21.3. The quantitative estimate of drug-likeness (QED) is 0.855. The van der Waals surface area contributed by atoms with Crippen LogP contribution >= 0.6 is 0 Å². The van der Waals surface area contributed by atoms with Crippen LogP contribution in [0, 0.1) is 19.7 Å². The molecule has 0 aliphatic carbocycles. The van der Waals surface area contributed by atoms with Gasteiger partial charge in [-0.2, -0.15) is 5.10 Å². The third-order valence-electron chi connectivity index (χ3n) is 4.29. The molecular formula is C17H20FN3O2. The average Bonchev–Trinajstić information content (AvgIpc) is 2.82. The number of aromatic nitrogens is 2. The van der Waals surface area contributed by atoms with Gasteiger partial charge in [-0.1, -0.05) is 12.1 Å². The van der Waals surface area contributed by atoms with Crippen molar-refractivity contribution in [2.45, 2.75) is 26.8 Å². The third-order valence-corrected chi connectivity index (χ3v) is 4.29. The highest BCUT2D eigenvalue weighted by Crippen LogP contribution is 2.31. The van der Waals surface area contributed by atoms with Crippen LogP contribution in [0.5, 0.6) is 0 Å². The maximum atomic E-state index is 14.1. The van der Waals surface area contributed by atoms with Crippen LogP contribution < -0.4 is 0 Å². The Labute approximate surface area is 134 Å². The Balaban J connectivity index is 2.08. The first-order valence-corrected chi connectivity index (χ1v) is 7.66. The predicted molar refractivity (Wildman–Crippen MR) is 83.9 cm³/mol. The molecule has 1 aromatic carbocycles. The van der Waals surface area contributed by atoms with E-state index in [9.17, 15) is 9.18 Å². The van der Waals surface area contributed by atoms with Gasteiger partial charge >= 0.3 is 0 Å². The number of carbonyl (C=O) groups is 1. The summed E-state index contributed by atoms with van der Waals surface area (Å²) >= 11 is 0. The van der Waals surface area contributed by atoms with Gasteiger partial charge < -0.3 is 9.64 Å². The molecule has 0 spiro atoms. The fourth-order valence-corrected chi connectivity index (χ4v) is 3.21. The average molecular weight is 317 g/mol. The first-order chi connectivity index (χ1) is 11.0. The number of halogens is 1. The monoisotopic (exact) mass is 317 g/mol. The van der Waals surface area contributed by atoms with Crippen molar-refractivity contribution in [3.05, 3.63) is 47.0 Å². The molecule has 23 heavy (non-hydrogen) atoms. The van der Waals surface area contributed by atoms with Crippen LogP contribution in [-0.4, -0.2) is 40.3 Å². The number of ether oxygens (including phenoxy) is 1. The van der Waals surface area contributed by atoms with Gasteiger partial charge in [0.1, 0.15) is 11.5 Å². The van der Waals surface area contributed by atoms with E-state index in [0.29, 0.717) is 25.4 Å². The van der Waals surface area contributed by atoms with Crippen molar-refractivity contribution < 1.29 is 13.9 Å². The molecule has 122 valence electrons. The molecule has 6 heteroatoms. The van der Waals surface area contributed by atoms with Gasteiger partial charge in [0.15, 0.2) is 0 Å². The Kier molecular flexibility index (Phi) is 4.17. The van der Waals surface area contributed by atoms with Gasteiger partial charge in [-0.3, -0.25) is 4.79 Å². The molecule has 1 saturated heterocycles. The number of para-hydroxylation sites is 1. The van der Waals surface area contributed by atoms with Gasteiger partial charge in [0, 0.05) is 24.7 Å². The smallest absolute Gasteiger partial charge is 0.220 e. The first-order valence-electron chi connectivity index (χ1n) is 7.66. The van der Waals surface area contributed by atoms with E-state index >= 15 is 0 Å². The molecule has 2 heterocycles. The lowest BCUT2D eigenvalue weighted by Gasteiger charge is -2.35. The van der Waals surface area contributed by atoms with Crippen LogP contribution in [0.4, 0.5) is 4.39 Å². The van der Waals surface area contributed by atoms with Gasteiger partial charge in [0.25, 0.3) is 0 Å². The minimum atomic E-state index is -0.326. The van der Waals surface area contributed by atoms with E-state index in [2.05, 4.69) is 5.10 Å². The molecule has 1 unspecified atom stereocenters. The number of carbonyl (C=O) groups excluding carboxylic acids is 1. The van der Waals surface area contributed by atoms with Crippen LogP contribution in [0.1, 0.15) is 29.9 Å². The predicted octanol–water partition coefficient (Wildman–Crippen LogP) is 2.55. The van der Waals surface area contributed by atoms with Crippen LogP contribution in [0.3, 0.4) is 0 Å². The SMILES string of the molecule is CC(=O)N1CCOCC1c1c(C)nn(-c2ccccc2F)c1C. The van der Waals surface area contributed by atoms with E-state index in [-0.39, 0.29) is 17.8 Å². The lowest BCUT2D eigenvalue weighted by Crippen LogP contribution is -2.42. The second-order valence-electron chi connectivity index (χ2n) is 5.75. The van der Waals surface area contributed by atoms with Gasteiger partial charge in [-0.15, -0.1) is 0 Å². The van der Waals surface area contributed by atoms with Crippen LogP contribution in [-0.2, 0) is 9.53 Å². The van der Waals surface area contributed by atoms with Gasteiger partial charge in [-0.25, -0.2) is 9.07 Å². The van der Waals surface area contributed by atoms with Gasteiger partial charge in [0.05, 0.1) is 24.9 Å². The zero-order valence-electron chi connectivity index (χ0n) is 13.5. The summed E-state index contributed by atoms with van der Waals surface area (Å²) in [6, 6.07) is 6.36. The lowest BCUT2D eigenvalue weighted by atomic mass is 10.0. The highest BCUT2D eigenvalue weighted by molar-refractivity contribution is 5.74. The van der Waals surface area contributed by atoms with Crippen molar-refractivity contribution in [1.29, 1.82) is 0 Å². The molecule has 1 aliphatic heterocycles. The number of morpholine rings is 1. The van der Waals surface area contributed by atoms with E-state index < -0.39 is 0 Å². The van der Waals surface area contributed by atoms with E-state index in [0.717, 1.165) is 17.0 Å². The number of amides is 1. The standard InChI is InChI=1S/C17H20FN3O2/c1-11-17(16-10-23-9-8-20(16)13(3)22)12(2)21(19-11)15-7-5-4-6-14(15)18/h4-7,16H,8-10H2,1-3H3. The van der Waals surface area contributed by atoms with E-state index in [4.69, 9.17) is 4.74 Å². The second kappa shape index (κ2) is 6.12. The lowest BCUT2D eigenvalue weighted by molar-refractivity contribution is -0.137. The van der Waals surface area contributed by atoms with E-state index in [1.54, 1.807) is 34.7 Å². The Morgan fingerprint density at radius 1 is 1.35 bits per heavy atom. The molecule has 0 radical (unpaired) electrons. The van der Waals surface area contributed by atoms with E-state index in [1.807, 2.05) is 13.8 Å². The summed E-state index contributed by atoms with van der Waals surface area (Å²) in [6.07, 6.45) is 0. The largest absolute Gasteiger partial charge is 0.377 e. The number of hydrogen-bond donors (Lipinski definition) is 0. The molecule has 1 amide bonds. The Morgan fingerprint density at radius 3 is 2.78 bits per heavy atom. The molecule has 0 saturated carbocycles. The van der Waals surface area contributed by atoms with Crippen molar-refractivity contribution >= 4 is 5.91 Å². The number of aryl methyl sites for hydroxylation is 1. The fraction of sp³-hybridized carbons (Fsp3) is 0.412. The molecule has 1 atom stereocenters. The molecule has 2 aromatic rings. The minimum Gasteiger partial charge on any atom is -0.377 e. The number of hydrogen-bond acceptors (Lipinski definition) is 3. The molecular weight excluding hydrogens is 297 g/mol. The number of nitrogens with zero attached hydrogens (tertiary/aromatic N) is 3. The highest BCUT2D eigenvalue weighted by Gasteiger charge is 2.31. The van der Waals surface area contributed by atoms with Crippen LogP contribution in [0.25, 0.3) is 5.69 Å². The molecule has 3 rings (SSSR count). The second-order valence-corrected chi connectivity index (χ2v) is 5.75.